The minimum atomic E-state index is -4.50. The van der Waals surface area contributed by atoms with Gasteiger partial charge in [0.1, 0.15) is 5.82 Å². The smallest absolute Gasteiger partial charge is 0.324 e. The van der Waals surface area contributed by atoms with Gasteiger partial charge in [-0.15, -0.1) is 12.4 Å². The van der Waals surface area contributed by atoms with Gasteiger partial charge in [-0.2, -0.15) is 13.2 Å². The number of benzene rings is 1. The molecule has 7 heteroatoms. The van der Waals surface area contributed by atoms with Gasteiger partial charge in [0.2, 0.25) is 0 Å². The van der Waals surface area contributed by atoms with E-state index in [1.165, 1.54) is 6.92 Å². The normalized spacial score (nSPS) is 13.2. The van der Waals surface area contributed by atoms with Crippen LogP contribution in [0.15, 0.2) is 16.6 Å². The summed E-state index contributed by atoms with van der Waals surface area (Å²) in [7, 11) is 0. The van der Waals surface area contributed by atoms with Gasteiger partial charge in [0.05, 0.1) is 10.0 Å². The van der Waals surface area contributed by atoms with Crippen molar-refractivity contribution < 1.29 is 17.6 Å². The summed E-state index contributed by atoms with van der Waals surface area (Å²) in [6.07, 6.45) is -4.50. The van der Waals surface area contributed by atoms with Gasteiger partial charge >= 0.3 is 6.18 Å². The van der Waals surface area contributed by atoms with Gasteiger partial charge in [-0.3, -0.25) is 0 Å². The number of alkyl halides is 3. The van der Waals surface area contributed by atoms with E-state index in [0.717, 1.165) is 6.07 Å². The van der Waals surface area contributed by atoms with Crippen molar-refractivity contribution in [1.29, 1.82) is 0 Å². The Kier molecular flexibility index (Phi) is 5.22. The van der Waals surface area contributed by atoms with E-state index in [2.05, 4.69) is 15.9 Å². The molecule has 0 amide bonds. The summed E-state index contributed by atoms with van der Waals surface area (Å²) in [4.78, 5) is 0. The molecule has 1 nitrogen and oxygen atoms in total. The molecule has 1 aromatic carbocycles. The molecule has 0 aliphatic rings. The molecule has 2 N–H and O–H groups in total. The fourth-order valence-electron chi connectivity index (χ4n) is 1.11. The number of nitrogens with two attached hydrogens (primary N) is 1. The van der Waals surface area contributed by atoms with Crippen molar-refractivity contribution in [1.82, 2.24) is 0 Å². The molecule has 0 heterocycles. The average Bonchev–Trinajstić information content (AvgIpc) is 2.06. The number of halogens is 6. The Bertz CT molecular complexity index is 379. The van der Waals surface area contributed by atoms with Crippen LogP contribution in [0.25, 0.3) is 0 Å². The minimum Gasteiger partial charge on any atom is -0.324 e. The van der Waals surface area contributed by atoms with Crippen LogP contribution in [0, 0.1) is 5.82 Å². The fourth-order valence-corrected chi connectivity index (χ4v) is 1.58. The van der Waals surface area contributed by atoms with Crippen molar-refractivity contribution in [2.24, 2.45) is 5.73 Å². The third-order valence-electron chi connectivity index (χ3n) is 1.87. The summed E-state index contributed by atoms with van der Waals surface area (Å²) < 4.78 is 50.2. The lowest BCUT2D eigenvalue weighted by molar-refractivity contribution is -0.137. The molecule has 16 heavy (non-hydrogen) atoms. The molecule has 1 rings (SSSR count). The van der Waals surface area contributed by atoms with Crippen LogP contribution in [-0.4, -0.2) is 0 Å². The summed E-state index contributed by atoms with van der Waals surface area (Å²) in [5.41, 5.74) is 4.30. The highest BCUT2D eigenvalue weighted by Crippen LogP contribution is 2.34. The third-order valence-corrected chi connectivity index (χ3v) is 2.45. The highest BCUT2D eigenvalue weighted by molar-refractivity contribution is 9.10. The molecule has 0 aromatic heterocycles. The second-order valence-corrected chi connectivity index (χ2v) is 4.00. The summed E-state index contributed by atoms with van der Waals surface area (Å²) in [5, 5.41) is 0. The van der Waals surface area contributed by atoms with Crippen LogP contribution in [-0.2, 0) is 6.18 Å². The lowest BCUT2D eigenvalue weighted by Crippen LogP contribution is -2.12. The topological polar surface area (TPSA) is 26.0 Å². The minimum absolute atomic E-state index is 0. The van der Waals surface area contributed by atoms with Crippen LogP contribution >= 0.6 is 28.3 Å². The second-order valence-electron chi connectivity index (χ2n) is 3.15. The monoisotopic (exact) mass is 321 g/mol. The summed E-state index contributed by atoms with van der Waals surface area (Å²) >= 11 is 2.73. The molecule has 0 aliphatic heterocycles. The quantitative estimate of drug-likeness (QED) is 0.776. The molecule has 0 unspecified atom stereocenters. The van der Waals surface area contributed by atoms with Gasteiger partial charge in [0, 0.05) is 11.6 Å². The van der Waals surface area contributed by atoms with Crippen molar-refractivity contribution in [2.45, 2.75) is 19.1 Å². The predicted molar refractivity (Wildman–Crippen MR) is 59.0 cm³/mol. The first-order valence-corrected chi connectivity index (χ1v) is 4.84. The SMILES string of the molecule is C[C@@H](N)c1cc(C(F)(F)F)cc(Br)c1F.Cl. The highest BCUT2D eigenvalue weighted by Gasteiger charge is 2.32. The van der Waals surface area contributed by atoms with Crippen molar-refractivity contribution in [3.63, 3.8) is 0 Å². The van der Waals surface area contributed by atoms with E-state index >= 15 is 0 Å². The van der Waals surface area contributed by atoms with E-state index in [9.17, 15) is 17.6 Å². The largest absolute Gasteiger partial charge is 0.416 e. The zero-order valence-corrected chi connectivity index (χ0v) is 10.5. The molecule has 0 fully saturated rings. The zero-order chi connectivity index (χ0) is 11.8. The van der Waals surface area contributed by atoms with Crippen molar-refractivity contribution >= 4 is 28.3 Å². The van der Waals surface area contributed by atoms with Crippen LogP contribution < -0.4 is 5.73 Å². The number of hydrogen-bond acceptors (Lipinski definition) is 1. The van der Waals surface area contributed by atoms with Crippen LogP contribution in [0.5, 0.6) is 0 Å². The van der Waals surface area contributed by atoms with Gasteiger partial charge in [0.15, 0.2) is 0 Å². The Balaban J connectivity index is 0.00000225. The first kappa shape index (κ1) is 15.7. The molecule has 0 aliphatic carbocycles. The molecule has 92 valence electrons. The van der Waals surface area contributed by atoms with E-state index in [-0.39, 0.29) is 22.4 Å². The van der Waals surface area contributed by atoms with Gasteiger partial charge in [0.25, 0.3) is 0 Å². The fraction of sp³-hybridized carbons (Fsp3) is 0.333. The Hall–Kier alpha value is -0.330. The first-order chi connectivity index (χ1) is 6.73. The van der Waals surface area contributed by atoms with E-state index < -0.39 is 23.6 Å². The van der Waals surface area contributed by atoms with Crippen molar-refractivity contribution in [3.8, 4) is 0 Å². The molecule has 1 atom stereocenters. The average molecular weight is 323 g/mol. The van der Waals surface area contributed by atoms with Crippen molar-refractivity contribution in [3.05, 3.63) is 33.5 Å². The molecule has 0 saturated heterocycles. The van der Waals surface area contributed by atoms with Crippen LogP contribution in [0.2, 0.25) is 0 Å². The van der Waals surface area contributed by atoms with Gasteiger partial charge in [-0.05, 0) is 35.0 Å². The Labute approximate surface area is 105 Å². The zero-order valence-electron chi connectivity index (χ0n) is 8.11. The number of hydrogen-bond donors (Lipinski definition) is 1. The Morgan fingerprint density at radius 3 is 2.19 bits per heavy atom. The van der Waals surface area contributed by atoms with E-state index in [0.29, 0.717) is 6.07 Å². The number of rotatable bonds is 1. The van der Waals surface area contributed by atoms with Crippen LogP contribution in [0.1, 0.15) is 24.1 Å². The first-order valence-electron chi connectivity index (χ1n) is 4.05. The molecule has 0 bridgehead atoms. The van der Waals surface area contributed by atoms with E-state index in [1.807, 2.05) is 0 Å². The predicted octanol–water partition coefficient (Wildman–Crippen LogP) is 4.05. The summed E-state index contributed by atoms with van der Waals surface area (Å²) in [6, 6.07) is 0.634. The summed E-state index contributed by atoms with van der Waals surface area (Å²) in [6.45, 7) is 1.42. The van der Waals surface area contributed by atoms with Gasteiger partial charge in [-0.25, -0.2) is 4.39 Å². The highest BCUT2D eigenvalue weighted by atomic mass is 79.9. The lowest BCUT2D eigenvalue weighted by atomic mass is 10.0. The molecule has 1 aromatic rings. The standard InChI is InChI=1S/C9H8BrF4N.ClH/c1-4(15)6-2-5(9(12,13)14)3-7(10)8(6)11;/h2-4H,15H2,1H3;1H/t4-;/m1./s1. The second kappa shape index (κ2) is 5.33. The maximum absolute atomic E-state index is 13.3. The van der Waals surface area contributed by atoms with Crippen LogP contribution in [0.4, 0.5) is 17.6 Å². The van der Waals surface area contributed by atoms with E-state index in [1.54, 1.807) is 0 Å². The molecule has 0 radical (unpaired) electrons. The van der Waals surface area contributed by atoms with Crippen LogP contribution in [0.3, 0.4) is 0 Å². The Morgan fingerprint density at radius 2 is 1.81 bits per heavy atom. The molecule has 0 spiro atoms. The lowest BCUT2D eigenvalue weighted by Gasteiger charge is -2.13. The maximum atomic E-state index is 13.3. The maximum Gasteiger partial charge on any atom is 0.416 e. The molecular formula is C9H9BrClF4N. The molecular weight excluding hydrogens is 313 g/mol. The Morgan fingerprint density at radius 1 is 1.31 bits per heavy atom. The van der Waals surface area contributed by atoms with E-state index in [4.69, 9.17) is 5.73 Å². The van der Waals surface area contributed by atoms with Crippen molar-refractivity contribution in [2.75, 3.05) is 0 Å². The van der Waals surface area contributed by atoms with Gasteiger partial charge in [-0.1, -0.05) is 0 Å². The van der Waals surface area contributed by atoms with Gasteiger partial charge < -0.3 is 5.73 Å². The molecule has 0 saturated carbocycles. The summed E-state index contributed by atoms with van der Waals surface area (Å²) in [5.74, 6) is -0.752. The third kappa shape index (κ3) is 3.33.